The van der Waals surface area contributed by atoms with Crippen LogP contribution in [0.4, 0.5) is 4.39 Å². The van der Waals surface area contributed by atoms with Crippen molar-refractivity contribution >= 4 is 11.0 Å². The Labute approximate surface area is 106 Å². The molecule has 0 bridgehead atoms. The average molecular weight is 247 g/mol. The molecule has 2 heterocycles. The van der Waals surface area contributed by atoms with Crippen molar-refractivity contribution in [3.05, 3.63) is 35.8 Å². The molecule has 0 saturated carbocycles. The van der Waals surface area contributed by atoms with Gasteiger partial charge in [-0.05, 0) is 50.6 Å². The van der Waals surface area contributed by atoms with Gasteiger partial charge in [-0.3, -0.25) is 0 Å². The molecule has 2 aromatic rings. The van der Waals surface area contributed by atoms with Crippen LogP contribution in [0.2, 0.25) is 0 Å². The second kappa shape index (κ2) is 4.39. The Morgan fingerprint density at radius 1 is 1.22 bits per heavy atom. The molecule has 1 aromatic carbocycles. The van der Waals surface area contributed by atoms with Crippen LogP contribution in [-0.2, 0) is 5.54 Å². The van der Waals surface area contributed by atoms with E-state index in [4.69, 9.17) is 4.42 Å². The van der Waals surface area contributed by atoms with E-state index in [9.17, 15) is 4.39 Å². The first kappa shape index (κ1) is 11.7. The summed E-state index contributed by atoms with van der Waals surface area (Å²) in [5, 5.41) is 4.41. The summed E-state index contributed by atoms with van der Waals surface area (Å²) in [5.74, 6) is 0.707. The molecule has 1 aliphatic heterocycles. The van der Waals surface area contributed by atoms with Crippen molar-refractivity contribution in [1.82, 2.24) is 5.32 Å². The molecule has 0 amide bonds. The quantitative estimate of drug-likeness (QED) is 0.825. The Bertz CT molecular complexity index is 553. The Kier molecular flexibility index (Phi) is 2.86. The van der Waals surface area contributed by atoms with Crippen molar-refractivity contribution in [3.8, 4) is 0 Å². The largest absolute Gasteiger partial charge is 0.459 e. The Hall–Kier alpha value is -1.35. The highest BCUT2D eigenvalue weighted by molar-refractivity contribution is 5.78. The number of halogens is 1. The summed E-state index contributed by atoms with van der Waals surface area (Å²) in [6, 6.07) is 6.64. The van der Waals surface area contributed by atoms with Gasteiger partial charge in [0, 0.05) is 5.39 Å². The monoisotopic (exact) mass is 247 g/mol. The Morgan fingerprint density at radius 2 is 2.11 bits per heavy atom. The molecular weight excluding hydrogens is 229 g/mol. The fourth-order valence-electron chi connectivity index (χ4n) is 2.73. The smallest absolute Gasteiger partial charge is 0.134 e. The predicted molar refractivity (Wildman–Crippen MR) is 70.0 cm³/mol. The molecule has 0 radical (unpaired) electrons. The lowest BCUT2D eigenvalue weighted by Crippen LogP contribution is -2.38. The molecule has 1 saturated heterocycles. The number of hydrogen-bond donors (Lipinski definition) is 1. The maximum atomic E-state index is 13.2. The van der Waals surface area contributed by atoms with Crippen molar-refractivity contribution in [1.29, 1.82) is 0 Å². The highest BCUT2D eigenvalue weighted by Crippen LogP contribution is 2.33. The number of hydrogen-bond acceptors (Lipinski definition) is 2. The van der Waals surface area contributed by atoms with Crippen molar-refractivity contribution in [2.75, 3.05) is 6.54 Å². The second-order valence-electron chi connectivity index (χ2n) is 5.36. The van der Waals surface area contributed by atoms with Crippen LogP contribution in [0.3, 0.4) is 0 Å². The predicted octanol–water partition coefficient (Wildman–Crippen LogP) is 3.95. The van der Waals surface area contributed by atoms with Gasteiger partial charge in [-0.2, -0.15) is 0 Å². The SMILES string of the molecule is CC1(c2cc3cc(F)ccc3o2)CCCCCN1. The van der Waals surface area contributed by atoms with E-state index in [1.807, 2.05) is 6.07 Å². The maximum Gasteiger partial charge on any atom is 0.134 e. The minimum Gasteiger partial charge on any atom is -0.459 e. The number of fused-ring (bicyclic) bond motifs is 1. The molecule has 1 aromatic heterocycles. The van der Waals surface area contributed by atoms with Crippen LogP contribution in [0.15, 0.2) is 28.7 Å². The summed E-state index contributed by atoms with van der Waals surface area (Å²) < 4.78 is 19.1. The molecule has 3 rings (SSSR count). The number of benzene rings is 1. The van der Waals surface area contributed by atoms with E-state index in [-0.39, 0.29) is 11.4 Å². The van der Waals surface area contributed by atoms with Gasteiger partial charge in [0.2, 0.25) is 0 Å². The van der Waals surface area contributed by atoms with Crippen LogP contribution in [0, 0.1) is 5.82 Å². The van der Waals surface area contributed by atoms with Gasteiger partial charge < -0.3 is 9.73 Å². The molecule has 1 atom stereocenters. The average Bonchev–Trinajstić information content (AvgIpc) is 2.65. The molecule has 96 valence electrons. The zero-order chi connectivity index (χ0) is 12.6. The van der Waals surface area contributed by atoms with Crippen molar-refractivity contribution in [3.63, 3.8) is 0 Å². The zero-order valence-corrected chi connectivity index (χ0v) is 10.6. The van der Waals surface area contributed by atoms with Crippen LogP contribution in [0.5, 0.6) is 0 Å². The van der Waals surface area contributed by atoms with Gasteiger partial charge in [-0.1, -0.05) is 12.8 Å². The summed E-state index contributed by atoms with van der Waals surface area (Å²) in [7, 11) is 0. The third kappa shape index (κ3) is 2.03. The van der Waals surface area contributed by atoms with Crippen LogP contribution in [-0.4, -0.2) is 6.54 Å². The second-order valence-corrected chi connectivity index (χ2v) is 5.36. The first-order valence-electron chi connectivity index (χ1n) is 6.62. The van der Waals surface area contributed by atoms with Gasteiger partial charge in [-0.15, -0.1) is 0 Å². The van der Waals surface area contributed by atoms with E-state index in [0.717, 1.165) is 29.7 Å². The minimum atomic E-state index is -0.214. The van der Waals surface area contributed by atoms with E-state index in [2.05, 4.69) is 12.2 Å². The summed E-state index contributed by atoms with van der Waals surface area (Å²) in [4.78, 5) is 0. The van der Waals surface area contributed by atoms with Crippen LogP contribution >= 0.6 is 0 Å². The lowest BCUT2D eigenvalue weighted by Gasteiger charge is -2.26. The topological polar surface area (TPSA) is 25.2 Å². The van der Waals surface area contributed by atoms with E-state index >= 15 is 0 Å². The number of nitrogens with one attached hydrogen (secondary N) is 1. The zero-order valence-electron chi connectivity index (χ0n) is 10.6. The van der Waals surface area contributed by atoms with Gasteiger partial charge in [0.15, 0.2) is 0 Å². The molecule has 1 aliphatic rings. The summed E-state index contributed by atoms with van der Waals surface area (Å²) in [5.41, 5.74) is 0.644. The van der Waals surface area contributed by atoms with E-state index in [1.54, 1.807) is 6.07 Å². The molecule has 18 heavy (non-hydrogen) atoms. The van der Waals surface area contributed by atoms with E-state index < -0.39 is 0 Å². The van der Waals surface area contributed by atoms with Crippen molar-refractivity contribution in [2.24, 2.45) is 0 Å². The highest BCUT2D eigenvalue weighted by atomic mass is 19.1. The molecule has 2 nitrogen and oxygen atoms in total. The fourth-order valence-corrected chi connectivity index (χ4v) is 2.73. The van der Waals surface area contributed by atoms with Crippen LogP contribution < -0.4 is 5.32 Å². The number of furan rings is 1. The lowest BCUT2D eigenvalue weighted by atomic mass is 9.93. The normalized spacial score (nSPS) is 25.2. The minimum absolute atomic E-state index is 0.119. The number of rotatable bonds is 1. The fraction of sp³-hybridized carbons (Fsp3) is 0.467. The van der Waals surface area contributed by atoms with Crippen molar-refractivity contribution in [2.45, 2.75) is 38.1 Å². The molecule has 3 heteroatoms. The summed E-state index contributed by atoms with van der Waals surface area (Å²) in [6.45, 7) is 3.19. The van der Waals surface area contributed by atoms with Gasteiger partial charge in [0.05, 0.1) is 5.54 Å². The van der Waals surface area contributed by atoms with E-state index in [1.165, 1.54) is 31.4 Å². The van der Waals surface area contributed by atoms with Gasteiger partial charge >= 0.3 is 0 Å². The Balaban J connectivity index is 2.02. The summed E-state index contributed by atoms with van der Waals surface area (Å²) >= 11 is 0. The molecule has 1 unspecified atom stereocenters. The van der Waals surface area contributed by atoms with Gasteiger partial charge in [-0.25, -0.2) is 4.39 Å². The highest BCUT2D eigenvalue weighted by Gasteiger charge is 2.30. The summed E-state index contributed by atoms with van der Waals surface area (Å²) in [6.07, 6.45) is 4.74. The van der Waals surface area contributed by atoms with E-state index in [0.29, 0.717) is 0 Å². The molecule has 0 spiro atoms. The first-order valence-corrected chi connectivity index (χ1v) is 6.62. The first-order chi connectivity index (χ1) is 8.67. The standard InChI is InChI=1S/C15H18FNO/c1-15(7-3-2-4-8-17-15)14-10-11-9-12(16)5-6-13(11)18-14/h5-6,9-10,17H,2-4,7-8H2,1H3. The van der Waals surface area contributed by atoms with Gasteiger partial charge in [0.25, 0.3) is 0 Å². The van der Waals surface area contributed by atoms with Crippen LogP contribution in [0.1, 0.15) is 38.4 Å². The lowest BCUT2D eigenvalue weighted by molar-refractivity contribution is 0.296. The third-order valence-corrected chi connectivity index (χ3v) is 3.89. The molecule has 0 aliphatic carbocycles. The third-order valence-electron chi connectivity index (χ3n) is 3.89. The maximum absolute atomic E-state index is 13.2. The van der Waals surface area contributed by atoms with Crippen molar-refractivity contribution < 1.29 is 8.81 Å². The molecule has 1 N–H and O–H groups in total. The van der Waals surface area contributed by atoms with Gasteiger partial charge in [0.1, 0.15) is 17.2 Å². The van der Waals surface area contributed by atoms with Crippen LogP contribution in [0.25, 0.3) is 11.0 Å². The molecule has 1 fully saturated rings. The molecular formula is C15H18FNO. The Morgan fingerprint density at radius 3 is 3.00 bits per heavy atom.